The summed E-state index contributed by atoms with van der Waals surface area (Å²) in [5, 5.41) is 10.9. The molecule has 78 valence electrons. The van der Waals surface area contributed by atoms with Crippen LogP contribution in [0.4, 0.5) is 0 Å². The first-order valence-corrected chi connectivity index (χ1v) is 5.57. The third-order valence-corrected chi connectivity index (χ3v) is 2.88. The molecule has 0 aliphatic carbocycles. The van der Waals surface area contributed by atoms with Crippen LogP contribution >= 0.6 is 11.3 Å². The van der Waals surface area contributed by atoms with Crippen LogP contribution in [-0.4, -0.2) is 25.3 Å². The Morgan fingerprint density at radius 2 is 2.20 bits per heavy atom. The maximum Gasteiger partial charge on any atom is 0.514 e. The lowest BCUT2D eigenvalue weighted by atomic mass is 9.81. The molecule has 0 bridgehead atoms. The molecule has 0 saturated carbocycles. The standard InChI is InChI=1S/C9H11BN2O2S/c1-9(2)5-13-10(14-6-9)7-4-15-8(3-11)12-7/h4H,5-6H2,1-2H3. The van der Waals surface area contributed by atoms with E-state index in [2.05, 4.69) is 18.8 Å². The van der Waals surface area contributed by atoms with Crippen LogP contribution in [0, 0.1) is 16.7 Å². The first-order valence-electron chi connectivity index (χ1n) is 4.69. The summed E-state index contributed by atoms with van der Waals surface area (Å²) in [5.41, 5.74) is 0.761. The minimum Gasteiger partial charge on any atom is -0.406 e. The van der Waals surface area contributed by atoms with Gasteiger partial charge in [-0.3, -0.25) is 0 Å². The summed E-state index contributed by atoms with van der Waals surface area (Å²) in [6.07, 6.45) is 0. The summed E-state index contributed by atoms with van der Waals surface area (Å²) in [4.78, 5) is 4.11. The third-order valence-electron chi connectivity index (χ3n) is 2.11. The molecule has 0 amide bonds. The van der Waals surface area contributed by atoms with Crippen LogP contribution < -0.4 is 5.59 Å². The molecule has 1 fully saturated rings. The van der Waals surface area contributed by atoms with Gasteiger partial charge in [-0.05, 0) is 0 Å². The molecule has 2 heterocycles. The van der Waals surface area contributed by atoms with Crippen molar-refractivity contribution in [2.24, 2.45) is 5.41 Å². The molecule has 0 atom stereocenters. The van der Waals surface area contributed by atoms with E-state index in [0.717, 1.165) is 0 Å². The zero-order valence-corrected chi connectivity index (χ0v) is 9.50. The van der Waals surface area contributed by atoms with Crippen LogP contribution in [0.1, 0.15) is 18.9 Å². The van der Waals surface area contributed by atoms with Crippen molar-refractivity contribution >= 4 is 24.0 Å². The van der Waals surface area contributed by atoms with Crippen molar-refractivity contribution in [2.75, 3.05) is 13.2 Å². The number of hydrogen-bond donors (Lipinski definition) is 0. The van der Waals surface area contributed by atoms with E-state index in [0.29, 0.717) is 23.8 Å². The summed E-state index contributed by atoms with van der Waals surface area (Å²) in [5.74, 6) is 0. The quantitative estimate of drug-likeness (QED) is 0.659. The van der Waals surface area contributed by atoms with Gasteiger partial charge >= 0.3 is 7.12 Å². The zero-order valence-electron chi connectivity index (χ0n) is 8.69. The Hall–Kier alpha value is -0.895. The zero-order chi connectivity index (χ0) is 10.9. The molecular formula is C9H11BN2O2S. The highest BCUT2D eigenvalue weighted by Gasteiger charge is 2.34. The molecule has 0 aromatic carbocycles. The fourth-order valence-electron chi connectivity index (χ4n) is 1.31. The second-order valence-corrected chi connectivity index (χ2v) is 5.17. The van der Waals surface area contributed by atoms with Crippen LogP contribution in [0.25, 0.3) is 0 Å². The highest BCUT2D eigenvalue weighted by molar-refractivity contribution is 7.11. The fourth-order valence-corrected chi connectivity index (χ4v) is 1.92. The number of thiazole rings is 1. The van der Waals surface area contributed by atoms with Gasteiger partial charge in [0.25, 0.3) is 0 Å². The average molecular weight is 222 g/mol. The Balaban J connectivity index is 2.05. The van der Waals surface area contributed by atoms with E-state index in [4.69, 9.17) is 14.6 Å². The van der Waals surface area contributed by atoms with Crippen LogP contribution in [-0.2, 0) is 9.31 Å². The molecule has 4 nitrogen and oxygen atoms in total. The maximum atomic E-state index is 8.65. The molecule has 2 rings (SSSR count). The Morgan fingerprint density at radius 1 is 1.53 bits per heavy atom. The van der Waals surface area contributed by atoms with Crippen LogP contribution in [0.3, 0.4) is 0 Å². The van der Waals surface area contributed by atoms with Crippen LogP contribution in [0.2, 0.25) is 0 Å². The highest BCUT2D eigenvalue weighted by atomic mass is 32.1. The van der Waals surface area contributed by atoms with Gasteiger partial charge < -0.3 is 9.31 Å². The van der Waals surface area contributed by atoms with Crippen molar-refractivity contribution in [1.29, 1.82) is 5.26 Å². The summed E-state index contributed by atoms with van der Waals surface area (Å²) < 4.78 is 11.1. The van der Waals surface area contributed by atoms with Gasteiger partial charge in [0.2, 0.25) is 0 Å². The summed E-state index contributed by atoms with van der Waals surface area (Å²) in [6, 6.07) is 2.00. The van der Waals surface area contributed by atoms with E-state index in [1.54, 1.807) is 0 Å². The fraction of sp³-hybridized carbons (Fsp3) is 0.556. The molecule has 1 aliphatic heterocycles. The van der Waals surface area contributed by atoms with Crippen molar-refractivity contribution in [3.05, 3.63) is 10.4 Å². The molecule has 6 heteroatoms. The molecule has 1 aromatic heterocycles. The van der Waals surface area contributed by atoms with Gasteiger partial charge in [0.05, 0.1) is 5.59 Å². The van der Waals surface area contributed by atoms with Gasteiger partial charge in [0.15, 0.2) is 5.01 Å². The van der Waals surface area contributed by atoms with Gasteiger partial charge in [0.1, 0.15) is 6.07 Å². The predicted octanol–water partition coefficient (Wildman–Crippen LogP) is 0.783. The Labute approximate surface area is 93.0 Å². The number of aromatic nitrogens is 1. The van der Waals surface area contributed by atoms with E-state index in [-0.39, 0.29) is 5.41 Å². The minimum absolute atomic E-state index is 0.0601. The second kappa shape index (κ2) is 3.93. The Bertz CT molecular complexity index is 389. The van der Waals surface area contributed by atoms with Crippen molar-refractivity contribution in [3.8, 4) is 6.07 Å². The van der Waals surface area contributed by atoms with Crippen molar-refractivity contribution in [2.45, 2.75) is 13.8 Å². The van der Waals surface area contributed by atoms with Gasteiger partial charge in [-0.2, -0.15) is 5.26 Å². The van der Waals surface area contributed by atoms with Gasteiger partial charge in [-0.25, -0.2) is 4.98 Å². The van der Waals surface area contributed by atoms with Gasteiger partial charge in [-0.1, -0.05) is 13.8 Å². The Morgan fingerprint density at radius 3 is 2.73 bits per heavy atom. The maximum absolute atomic E-state index is 8.65. The average Bonchev–Trinajstić information content (AvgIpc) is 2.66. The molecule has 1 aliphatic rings. The first kappa shape index (κ1) is 10.6. The predicted molar refractivity (Wildman–Crippen MR) is 57.9 cm³/mol. The summed E-state index contributed by atoms with van der Waals surface area (Å²) >= 11 is 1.31. The minimum atomic E-state index is -0.406. The first-order chi connectivity index (χ1) is 7.11. The molecule has 0 spiro atoms. The molecule has 0 radical (unpaired) electrons. The van der Waals surface area contributed by atoms with E-state index in [1.807, 2.05) is 11.4 Å². The SMILES string of the molecule is CC1(C)COB(c2csc(C#N)n2)OC1. The lowest BCUT2D eigenvalue weighted by molar-refractivity contribution is 0.0340. The van der Waals surface area contributed by atoms with E-state index >= 15 is 0 Å². The molecule has 1 saturated heterocycles. The Kier molecular flexibility index (Phi) is 2.78. The van der Waals surface area contributed by atoms with E-state index in [9.17, 15) is 0 Å². The summed E-state index contributed by atoms with van der Waals surface area (Å²) in [7, 11) is -0.406. The van der Waals surface area contributed by atoms with Crippen LogP contribution in [0.15, 0.2) is 5.38 Å². The second-order valence-electron chi connectivity index (χ2n) is 4.31. The van der Waals surface area contributed by atoms with Crippen molar-refractivity contribution < 1.29 is 9.31 Å². The van der Waals surface area contributed by atoms with E-state index in [1.165, 1.54) is 11.3 Å². The largest absolute Gasteiger partial charge is 0.514 e. The van der Waals surface area contributed by atoms with E-state index < -0.39 is 7.12 Å². The lowest BCUT2D eigenvalue weighted by Crippen LogP contribution is -2.47. The molecule has 0 N–H and O–H groups in total. The monoisotopic (exact) mass is 222 g/mol. The number of nitrogens with zero attached hydrogens (tertiary/aromatic N) is 2. The lowest BCUT2D eigenvalue weighted by Gasteiger charge is -2.32. The molecule has 1 aromatic rings. The highest BCUT2D eigenvalue weighted by Crippen LogP contribution is 2.21. The van der Waals surface area contributed by atoms with Crippen molar-refractivity contribution in [3.63, 3.8) is 0 Å². The summed E-state index contributed by atoms with van der Waals surface area (Å²) in [6.45, 7) is 5.48. The van der Waals surface area contributed by atoms with Crippen LogP contribution in [0.5, 0.6) is 0 Å². The van der Waals surface area contributed by atoms with Gasteiger partial charge in [-0.15, -0.1) is 11.3 Å². The van der Waals surface area contributed by atoms with Crippen molar-refractivity contribution in [1.82, 2.24) is 4.98 Å². The smallest absolute Gasteiger partial charge is 0.406 e. The number of rotatable bonds is 1. The topological polar surface area (TPSA) is 55.1 Å². The number of nitriles is 1. The molecular weight excluding hydrogens is 211 g/mol. The third kappa shape index (κ3) is 2.37. The number of hydrogen-bond acceptors (Lipinski definition) is 5. The molecule has 0 unspecified atom stereocenters. The van der Waals surface area contributed by atoms with Gasteiger partial charge in [0, 0.05) is 24.0 Å². The normalized spacial score (nSPS) is 19.9. The molecule has 15 heavy (non-hydrogen) atoms.